The van der Waals surface area contributed by atoms with E-state index in [0.29, 0.717) is 40.1 Å². The van der Waals surface area contributed by atoms with Gasteiger partial charge in [-0.1, -0.05) is 11.6 Å². The lowest BCUT2D eigenvalue weighted by Gasteiger charge is -2.11. The zero-order valence-electron chi connectivity index (χ0n) is 12.5. The fourth-order valence-corrected chi connectivity index (χ4v) is 3.11. The maximum Gasteiger partial charge on any atom is 0.293 e. The summed E-state index contributed by atoms with van der Waals surface area (Å²) in [7, 11) is 1.53. The van der Waals surface area contributed by atoms with Crippen molar-refractivity contribution in [3.8, 4) is 11.5 Å². The number of hydrogen-bond acceptors (Lipinski definition) is 5. The zero-order chi connectivity index (χ0) is 16.3. The quantitative estimate of drug-likeness (QED) is 0.762. The minimum absolute atomic E-state index is 0.270. The predicted octanol–water partition coefficient (Wildman–Crippen LogP) is 3.80. The number of amides is 2. The lowest BCUT2D eigenvalue weighted by molar-refractivity contribution is -0.122. The third-order valence-electron chi connectivity index (χ3n) is 3.06. The summed E-state index contributed by atoms with van der Waals surface area (Å²) in [5.41, 5.74) is 0.604. The molecule has 1 fully saturated rings. The minimum atomic E-state index is -0.303. The first-order valence-electron chi connectivity index (χ1n) is 6.77. The molecular weight excluding hydrogens is 326 g/mol. The number of methoxy groups -OCH3 is 1. The van der Waals surface area contributed by atoms with Crippen molar-refractivity contribution < 1.29 is 19.1 Å². The summed E-state index contributed by atoms with van der Waals surface area (Å²) in [6, 6.07) is 3.33. The van der Waals surface area contributed by atoms with Gasteiger partial charge < -0.3 is 9.47 Å². The molecule has 1 aromatic carbocycles. The number of nitrogens with zero attached hydrogens (tertiary/aromatic N) is 1. The van der Waals surface area contributed by atoms with Crippen LogP contribution >= 0.6 is 23.4 Å². The third kappa shape index (κ3) is 3.23. The van der Waals surface area contributed by atoms with Crippen LogP contribution in [0.15, 0.2) is 17.0 Å². The molecule has 1 aliphatic rings. The number of halogens is 1. The molecule has 0 radical (unpaired) electrons. The Hall–Kier alpha value is -1.66. The number of carbonyl (C=O) groups excluding carboxylic acids is 2. The Kier molecular flexibility index (Phi) is 5.37. The van der Waals surface area contributed by atoms with Crippen LogP contribution < -0.4 is 9.47 Å². The van der Waals surface area contributed by atoms with E-state index in [1.54, 1.807) is 25.1 Å². The summed E-state index contributed by atoms with van der Waals surface area (Å²) in [5.74, 6) is 0.753. The van der Waals surface area contributed by atoms with Gasteiger partial charge in [0.15, 0.2) is 11.5 Å². The van der Waals surface area contributed by atoms with Crippen molar-refractivity contribution in [2.45, 2.75) is 13.8 Å². The molecule has 1 aromatic rings. The smallest absolute Gasteiger partial charge is 0.293 e. The third-order valence-corrected chi connectivity index (χ3v) is 4.29. The van der Waals surface area contributed by atoms with Gasteiger partial charge in [-0.3, -0.25) is 14.5 Å². The van der Waals surface area contributed by atoms with Crippen molar-refractivity contribution in [2.24, 2.45) is 0 Å². The van der Waals surface area contributed by atoms with E-state index in [-0.39, 0.29) is 11.1 Å². The topological polar surface area (TPSA) is 55.8 Å². The number of likely N-dealkylation sites (N-methyl/N-ethyl adjacent to an activating group) is 1. The van der Waals surface area contributed by atoms with E-state index < -0.39 is 0 Å². The summed E-state index contributed by atoms with van der Waals surface area (Å²) in [6.07, 6.45) is 1.60. The maximum atomic E-state index is 12.1. The first-order chi connectivity index (χ1) is 10.5. The highest BCUT2D eigenvalue weighted by Gasteiger charge is 2.33. The van der Waals surface area contributed by atoms with Crippen LogP contribution in [0.25, 0.3) is 6.08 Å². The molecule has 1 aliphatic heterocycles. The molecule has 2 amide bonds. The molecule has 0 saturated carbocycles. The molecule has 0 bridgehead atoms. The zero-order valence-corrected chi connectivity index (χ0v) is 14.1. The van der Waals surface area contributed by atoms with Gasteiger partial charge in [0.05, 0.1) is 23.6 Å². The van der Waals surface area contributed by atoms with E-state index in [1.165, 1.54) is 12.0 Å². The van der Waals surface area contributed by atoms with Gasteiger partial charge in [-0.2, -0.15) is 0 Å². The normalized spacial score (nSPS) is 16.5. The number of benzene rings is 1. The van der Waals surface area contributed by atoms with Gasteiger partial charge in [0.25, 0.3) is 11.1 Å². The number of thioether (sulfide) groups is 1. The maximum absolute atomic E-state index is 12.1. The molecule has 5 nitrogen and oxygen atoms in total. The van der Waals surface area contributed by atoms with Gasteiger partial charge in [0.1, 0.15) is 0 Å². The molecule has 2 rings (SSSR count). The molecule has 118 valence electrons. The van der Waals surface area contributed by atoms with Crippen molar-refractivity contribution in [3.63, 3.8) is 0 Å². The molecule has 7 heteroatoms. The first-order valence-corrected chi connectivity index (χ1v) is 7.96. The molecule has 0 spiro atoms. The van der Waals surface area contributed by atoms with Crippen molar-refractivity contribution in [1.82, 2.24) is 4.90 Å². The van der Waals surface area contributed by atoms with Crippen LogP contribution in [0.3, 0.4) is 0 Å². The van der Waals surface area contributed by atoms with Crippen molar-refractivity contribution in [3.05, 3.63) is 27.6 Å². The van der Waals surface area contributed by atoms with Crippen LogP contribution in [-0.2, 0) is 4.79 Å². The van der Waals surface area contributed by atoms with Crippen LogP contribution in [0, 0.1) is 0 Å². The largest absolute Gasteiger partial charge is 0.493 e. The van der Waals surface area contributed by atoms with Crippen LogP contribution in [0.1, 0.15) is 19.4 Å². The summed E-state index contributed by atoms with van der Waals surface area (Å²) < 4.78 is 10.7. The number of rotatable bonds is 5. The number of carbonyl (C=O) groups is 2. The fourth-order valence-electron chi connectivity index (χ4n) is 2.00. The van der Waals surface area contributed by atoms with Crippen molar-refractivity contribution >= 4 is 40.6 Å². The molecule has 0 atom stereocenters. The van der Waals surface area contributed by atoms with Gasteiger partial charge >= 0.3 is 0 Å². The summed E-state index contributed by atoms with van der Waals surface area (Å²) in [6.45, 7) is 4.44. The first kappa shape index (κ1) is 16.7. The van der Waals surface area contributed by atoms with Gasteiger partial charge in [-0.05, 0) is 43.3 Å². The molecule has 0 N–H and O–H groups in total. The Balaban J connectivity index is 2.41. The van der Waals surface area contributed by atoms with E-state index in [9.17, 15) is 9.59 Å². The predicted molar refractivity (Wildman–Crippen MR) is 87.5 cm³/mol. The van der Waals surface area contributed by atoms with E-state index in [0.717, 1.165) is 11.8 Å². The van der Waals surface area contributed by atoms with Gasteiger partial charge in [0.2, 0.25) is 0 Å². The summed E-state index contributed by atoms with van der Waals surface area (Å²) >= 11 is 7.12. The average molecular weight is 342 g/mol. The van der Waals surface area contributed by atoms with E-state index in [2.05, 4.69) is 0 Å². The minimum Gasteiger partial charge on any atom is -0.493 e. The monoisotopic (exact) mass is 341 g/mol. The highest BCUT2D eigenvalue weighted by atomic mass is 35.5. The lowest BCUT2D eigenvalue weighted by atomic mass is 10.1. The Bertz CT molecular complexity index is 645. The highest BCUT2D eigenvalue weighted by Crippen LogP contribution is 2.37. The molecule has 0 unspecified atom stereocenters. The second kappa shape index (κ2) is 7.07. The Morgan fingerprint density at radius 1 is 1.27 bits per heavy atom. The highest BCUT2D eigenvalue weighted by molar-refractivity contribution is 8.18. The average Bonchev–Trinajstić information content (AvgIpc) is 2.76. The van der Waals surface area contributed by atoms with E-state index >= 15 is 0 Å². The second-order valence-electron chi connectivity index (χ2n) is 4.38. The number of imide groups is 1. The van der Waals surface area contributed by atoms with Gasteiger partial charge in [-0.15, -0.1) is 0 Å². The molecule has 0 aromatic heterocycles. The summed E-state index contributed by atoms with van der Waals surface area (Å²) in [4.78, 5) is 25.4. The Labute approximate surface area is 138 Å². The van der Waals surface area contributed by atoms with E-state index in [4.69, 9.17) is 21.1 Å². The van der Waals surface area contributed by atoms with Crippen molar-refractivity contribution in [1.29, 1.82) is 0 Å². The standard InChI is InChI=1S/C15H16ClNO4S/c1-4-17-14(18)13(22-15(17)19)7-9-6-12(21-5-2)11(20-3)8-10(9)16/h6-8H,4-5H2,1-3H3/b13-7-. The van der Waals surface area contributed by atoms with E-state index in [1.807, 2.05) is 6.92 Å². The van der Waals surface area contributed by atoms with Gasteiger partial charge in [-0.25, -0.2) is 0 Å². The molecule has 1 saturated heterocycles. The van der Waals surface area contributed by atoms with Gasteiger partial charge in [0, 0.05) is 12.6 Å². The van der Waals surface area contributed by atoms with Crippen molar-refractivity contribution in [2.75, 3.05) is 20.3 Å². The number of ether oxygens (including phenoxy) is 2. The molecule has 0 aliphatic carbocycles. The second-order valence-corrected chi connectivity index (χ2v) is 5.78. The van der Waals surface area contributed by atoms with Crippen LogP contribution in [0.2, 0.25) is 5.02 Å². The number of hydrogen-bond donors (Lipinski definition) is 0. The van der Waals surface area contributed by atoms with Crippen LogP contribution in [-0.4, -0.2) is 36.3 Å². The SMILES string of the molecule is CCOc1cc(/C=C2\SC(=O)N(CC)C2=O)c(Cl)cc1OC. The molecular formula is C15H16ClNO4S. The Morgan fingerprint density at radius 3 is 2.55 bits per heavy atom. The Morgan fingerprint density at radius 2 is 2.00 bits per heavy atom. The lowest BCUT2D eigenvalue weighted by Crippen LogP contribution is -2.27. The summed E-state index contributed by atoms with van der Waals surface area (Å²) in [5, 5.41) is 0.150. The van der Waals surface area contributed by atoms with Crippen LogP contribution in [0.5, 0.6) is 11.5 Å². The van der Waals surface area contributed by atoms with Crippen LogP contribution in [0.4, 0.5) is 4.79 Å². The molecule has 22 heavy (non-hydrogen) atoms. The molecule has 1 heterocycles. The fraction of sp³-hybridized carbons (Fsp3) is 0.333.